The fraction of sp³-hybridized carbons (Fsp3) is 0.436. The van der Waals surface area contributed by atoms with E-state index >= 15 is 0 Å². The van der Waals surface area contributed by atoms with Gasteiger partial charge in [-0.1, -0.05) is 29.3 Å². The summed E-state index contributed by atoms with van der Waals surface area (Å²) in [6, 6.07) is 24.8. The highest BCUT2D eigenvalue weighted by Crippen LogP contribution is 2.32. The summed E-state index contributed by atoms with van der Waals surface area (Å²) < 4.78 is 76.6. The molecule has 3 fully saturated rings. The second kappa shape index (κ2) is 22.3. The number of hydrogen-bond donors (Lipinski definition) is 2. The number of nitrogens with one attached hydrogen (secondary N) is 2. The fourth-order valence-electron chi connectivity index (χ4n) is 10.2. The summed E-state index contributed by atoms with van der Waals surface area (Å²) in [4.78, 5) is 32.3. The third-order valence-corrected chi connectivity index (χ3v) is 14.1. The summed E-state index contributed by atoms with van der Waals surface area (Å²) in [6.45, 7) is 8.34. The van der Waals surface area contributed by atoms with Gasteiger partial charge in [0.05, 0.1) is 36.0 Å². The number of carbonyl (C=O) groups excluding carboxylic acids is 1. The molecule has 0 bridgehead atoms. The van der Waals surface area contributed by atoms with E-state index in [1.54, 1.807) is 41.0 Å². The summed E-state index contributed by atoms with van der Waals surface area (Å²) in [5, 5.41) is 11.1. The van der Waals surface area contributed by atoms with Crippen molar-refractivity contribution in [2.24, 2.45) is 5.92 Å². The van der Waals surface area contributed by atoms with Crippen LogP contribution in [0.3, 0.4) is 0 Å². The first-order valence-electron chi connectivity index (χ1n) is 24.8. The van der Waals surface area contributed by atoms with Crippen molar-refractivity contribution in [3.8, 4) is 34.5 Å². The van der Waals surface area contributed by atoms with Crippen LogP contribution in [0.5, 0.6) is 11.5 Å². The normalized spacial score (nSPS) is 18.5. The Hall–Kier alpha value is -6.77. The zero-order valence-electron chi connectivity index (χ0n) is 41.0. The molecule has 1 amide bonds. The number of benzene rings is 3. The number of fused-ring (bicyclic) bond motifs is 1. The highest BCUT2D eigenvalue weighted by atomic mass is 19.4. The number of rotatable bonds is 15. The van der Waals surface area contributed by atoms with Gasteiger partial charge in [0.15, 0.2) is 6.61 Å². The Labute approximate surface area is 417 Å². The van der Waals surface area contributed by atoms with E-state index in [0.717, 1.165) is 85.7 Å². The molecule has 17 heteroatoms. The highest BCUT2D eigenvalue weighted by Gasteiger charge is 2.32. The number of pyridine rings is 1. The van der Waals surface area contributed by atoms with Crippen LogP contribution in [-0.2, 0) is 17.9 Å². The largest absolute Gasteiger partial charge is 0.490 e. The molecular formula is C55H62F4N8O5. The Bertz CT molecular complexity index is 2920. The summed E-state index contributed by atoms with van der Waals surface area (Å²) in [7, 11) is 1.87. The number of anilines is 2. The molecule has 3 saturated heterocycles. The molecule has 3 aliphatic rings. The summed E-state index contributed by atoms with van der Waals surface area (Å²) in [5.41, 5.74) is 5.27. The molecule has 3 aromatic carbocycles. The van der Waals surface area contributed by atoms with E-state index in [0.29, 0.717) is 66.6 Å². The number of halogens is 4. The van der Waals surface area contributed by atoms with Crippen LogP contribution in [0.25, 0.3) is 22.0 Å². The first-order valence-corrected chi connectivity index (χ1v) is 24.8. The molecule has 0 unspecified atom stereocenters. The summed E-state index contributed by atoms with van der Waals surface area (Å²) >= 11 is 0. The third-order valence-electron chi connectivity index (χ3n) is 14.1. The van der Waals surface area contributed by atoms with Gasteiger partial charge in [-0.3, -0.25) is 9.59 Å². The van der Waals surface area contributed by atoms with Gasteiger partial charge >= 0.3 is 6.18 Å². The number of likely N-dealkylation sites (tertiary alicyclic amines) is 3. The van der Waals surface area contributed by atoms with Gasteiger partial charge in [-0.15, -0.1) is 0 Å². The van der Waals surface area contributed by atoms with E-state index in [1.165, 1.54) is 4.57 Å². The van der Waals surface area contributed by atoms with Gasteiger partial charge in [-0.05, 0) is 131 Å². The van der Waals surface area contributed by atoms with Gasteiger partial charge in [0.25, 0.3) is 11.5 Å². The molecule has 0 saturated carbocycles. The lowest BCUT2D eigenvalue weighted by molar-refractivity contribution is -0.140. The number of alkyl halides is 4. The van der Waals surface area contributed by atoms with E-state index in [4.69, 9.17) is 14.0 Å². The maximum Gasteiger partial charge on any atom is 0.406 e. The maximum absolute atomic E-state index is 14.9. The zero-order chi connectivity index (χ0) is 50.4. The Kier molecular flexibility index (Phi) is 15.6. The first-order chi connectivity index (χ1) is 34.7. The number of hydrogen-bond acceptors (Lipinski definition) is 10. The van der Waals surface area contributed by atoms with E-state index in [9.17, 15) is 27.2 Å². The minimum Gasteiger partial charge on any atom is -0.490 e. The molecule has 72 heavy (non-hydrogen) atoms. The van der Waals surface area contributed by atoms with Gasteiger partial charge in [0.1, 0.15) is 36.1 Å². The molecule has 0 spiro atoms. The Balaban J connectivity index is 0.688. The van der Waals surface area contributed by atoms with Crippen LogP contribution in [0.1, 0.15) is 54.8 Å². The number of carbonyl (C=O) groups is 1. The van der Waals surface area contributed by atoms with E-state index < -0.39 is 24.9 Å². The fourth-order valence-corrected chi connectivity index (χ4v) is 10.2. The number of nitrogens with zero attached hydrogens (tertiary/aromatic N) is 6. The lowest BCUT2D eigenvalue weighted by Crippen LogP contribution is -2.46. The van der Waals surface area contributed by atoms with Crippen molar-refractivity contribution in [1.29, 1.82) is 0 Å². The monoisotopic (exact) mass is 990 g/mol. The van der Waals surface area contributed by atoms with Gasteiger partial charge in [0, 0.05) is 86.0 Å². The first kappa shape index (κ1) is 50.2. The average Bonchev–Trinajstić information content (AvgIpc) is 3.89. The molecule has 13 nitrogen and oxygen atoms in total. The summed E-state index contributed by atoms with van der Waals surface area (Å²) in [5.74, 6) is 8.45. The molecule has 2 atom stereocenters. The third kappa shape index (κ3) is 12.6. The molecule has 3 aromatic heterocycles. The molecule has 6 heterocycles. The lowest BCUT2D eigenvalue weighted by Gasteiger charge is -2.37. The number of aromatic nitrogens is 3. The van der Waals surface area contributed by atoms with Crippen molar-refractivity contribution in [3.05, 3.63) is 124 Å². The van der Waals surface area contributed by atoms with Crippen molar-refractivity contribution >= 4 is 28.2 Å². The topological polar surface area (TPSA) is 122 Å². The van der Waals surface area contributed by atoms with Gasteiger partial charge in [-0.25, -0.2) is 4.39 Å². The Morgan fingerprint density at radius 3 is 2.42 bits per heavy atom. The minimum absolute atomic E-state index is 0.0355. The predicted molar refractivity (Wildman–Crippen MR) is 270 cm³/mol. The van der Waals surface area contributed by atoms with E-state index in [1.807, 2.05) is 85.4 Å². The molecule has 2 N–H and O–H groups in total. The van der Waals surface area contributed by atoms with E-state index in [-0.39, 0.29) is 36.4 Å². The predicted octanol–water partition coefficient (Wildman–Crippen LogP) is 8.76. The number of amides is 1. The Morgan fingerprint density at radius 2 is 1.68 bits per heavy atom. The van der Waals surface area contributed by atoms with Crippen molar-refractivity contribution < 1.29 is 36.4 Å². The number of piperidine rings is 3. The highest BCUT2D eigenvalue weighted by molar-refractivity contribution is 5.94. The van der Waals surface area contributed by atoms with Crippen molar-refractivity contribution in [3.63, 3.8) is 0 Å². The van der Waals surface area contributed by atoms with Crippen LogP contribution in [0.4, 0.5) is 28.9 Å². The quantitative estimate of drug-likeness (QED) is 0.0764. The number of aryl methyl sites for hydroxylation is 2. The average molecular weight is 991 g/mol. The van der Waals surface area contributed by atoms with Crippen molar-refractivity contribution in [1.82, 2.24) is 29.0 Å². The molecule has 0 radical (unpaired) electrons. The van der Waals surface area contributed by atoms with Crippen LogP contribution in [0, 0.1) is 31.6 Å². The van der Waals surface area contributed by atoms with Gasteiger partial charge < -0.3 is 48.5 Å². The molecule has 3 aliphatic heterocycles. The minimum atomic E-state index is -4.46. The molecule has 380 valence electrons. The second-order valence-electron chi connectivity index (χ2n) is 19.4. The van der Waals surface area contributed by atoms with Crippen molar-refractivity contribution in [2.75, 3.05) is 76.6 Å². The van der Waals surface area contributed by atoms with Gasteiger partial charge in [-0.2, -0.15) is 13.2 Å². The molecule has 0 aliphatic carbocycles. The van der Waals surface area contributed by atoms with Crippen molar-refractivity contribution in [2.45, 2.75) is 83.5 Å². The second-order valence-corrected chi connectivity index (χ2v) is 19.4. The van der Waals surface area contributed by atoms with Gasteiger partial charge in [0.2, 0.25) is 0 Å². The lowest BCUT2D eigenvalue weighted by atomic mass is 9.95. The van der Waals surface area contributed by atoms with Crippen LogP contribution in [-0.4, -0.2) is 125 Å². The smallest absolute Gasteiger partial charge is 0.406 e. The van der Waals surface area contributed by atoms with Crippen LogP contribution >= 0.6 is 0 Å². The van der Waals surface area contributed by atoms with Crippen LogP contribution in [0.2, 0.25) is 0 Å². The molecule has 6 aromatic rings. The zero-order valence-corrected chi connectivity index (χ0v) is 41.0. The molecular weight excluding hydrogens is 929 g/mol. The maximum atomic E-state index is 14.9. The number of ether oxygens (including phenoxy) is 2. The van der Waals surface area contributed by atoms with E-state index in [2.05, 4.69) is 32.5 Å². The SMILES string of the molecule is Cc1noc(C)c1-c1ccc(=O)n(Cc2cccc(OCC(=O)N3CCC(CN4CCC(Oc5ccc(NCC#Cc6cc7c(N[C@@H]8CCN(C)C[C@@H]8F)cccc7n6CC(F)(F)F)cc5)CC4)CC3)c2)c1. The standard InChI is InChI=1S/C55H62F4N8O5/c1-37-54(38(2)72-62-37)41-12-17-52(68)66(33-41)32-40-7-4-9-46(29-40)70-35-53(69)65-27-18-39(19-28-65)31-64-25-20-45(21-26-64)71-44-15-13-42(14-16-44)60-23-6-8-43-30-47-49(61-50-22-24-63(3)34-48(50)56)10-5-11-51(47)67(43)36-55(57,58)59/h4-5,7,9-17,29-30,33,39,45,48,50,60-61H,18-28,31-32,34-36H2,1-3H3/t48-,50+/m0/s1. The summed E-state index contributed by atoms with van der Waals surface area (Å²) in [6.07, 6.45) is 0.649. The van der Waals surface area contributed by atoms with Crippen LogP contribution in [0.15, 0.2) is 100 Å². The molecule has 9 rings (SSSR count). The van der Waals surface area contributed by atoms with Crippen LogP contribution < -0.4 is 25.7 Å². The Morgan fingerprint density at radius 1 is 0.903 bits per heavy atom.